The Balaban J connectivity index is 1.65. The molecule has 152 valence electrons. The van der Waals surface area contributed by atoms with Gasteiger partial charge in [-0.15, -0.1) is 11.3 Å². The smallest absolute Gasteiger partial charge is 0.254 e. The number of hydrogen-bond donors (Lipinski definition) is 3. The van der Waals surface area contributed by atoms with Gasteiger partial charge >= 0.3 is 0 Å². The summed E-state index contributed by atoms with van der Waals surface area (Å²) in [5.41, 5.74) is 9.53. The number of benzene rings is 1. The number of pyridine rings is 1. The maximum Gasteiger partial charge on any atom is 0.254 e. The molecule has 0 aliphatic carbocycles. The highest BCUT2D eigenvalue weighted by Crippen LogP contribution is 2.32. The summed E-state index contributed by atoms with van der Waals surface area (Å²) in [4.78, 5) is 25.7. The van der Waals surface area contributed by atoms with Crippen LogP contribution in [0.25, 0.3) is 21.6 Å². The van der Waals surface area contributed by atoms with Crippen molar-refractivity contribution in [1.29, 1.82) is 0 Å². The molecule has 0 saturated carbocycles. The summed E-state index contributed by atoms with van der Waals surface area (Å²) in [5, 5.41) is 7.86. The Hall–Kier alpha value is -3.36. The lowest BCUT2D eigenvalue weighted by Gasteiger charge is -2.14. The predicted molar refractivity (Wildman–Crippen MR) is 121 cm³/mol. The number of anilines is 1. The molecule has 8 heteroatoms. The van der Waals surface area contributed by atoms with Gasteiger partial charge in [-0.1, -0.05) is 30.3 Å². The first-order chi connectivity index (χ1) is 14.7. The van der Waals surface area contributed by atoms with Crippen LogP contribution >= 0.6 is 11.3 Å². The van der Waals surface area contributed by atoms with Crippen molar-refractivity contribution in [1.82, 2.24) is 20.3 Å². The van der Waals surface area contributed by atoms with E-state index in [1.807, 2.05) is 35.7 Å². The van der Waals surface area contributed by atoms with E-state index in [4.69, 9.17) is 10.7 Å². The van der Waals surface area contributed by atoms with Crippen LogP contribution in [-0.4, -0.2) is 40.5 Å². The van der Waals surface area contributed by atoms with Crippen LogP contribution in [0.4, 0.5) is 5.82 Å². The van der Waals surface area contributed by atoms with Crippen LogP contribution < -0.4 is 16.4 Å². The van der Waals surface area contributed by atoms with Crippen molar-refractivity contribution >= 4 is 33.3 Å². The van der Waals surface area contributed by atoms with Gasteiger partial charge in [-0.3, -0.25) is 9.78 Å². The van der Waals surface area contributed by atoms with Gasteiger partial charge in [-0.25, -0.2) is 9.97 Å². The van der Waals surface area contributed by atoms with Crippen LogP contribution in [0, 0.1) is 0 Å². The molecular formula is C22H22N6OS. The molecule has 0 radical (unpaired) electrons. The zero-order valence-electron chi connectivity index (χ0n) is 16.5. The van der Waals surface area contributed by atoms with Gasteiger partial charge in [-0.05, 0) is 24.1 Å². The van der Waals surface area contributed by atoms with Crippen LogP contribution in [0.1, 0.15) is 15.9 Å². The van der Waals surface area contributed by atoms with E-state index in [1.165, 1.54) is 16.9 Å². The second kappa shape index (κ2) is 8.98. The third-order valence-electron chi connectivity index (χ3n) is 4.70. The van der Waals surface area contributed by atoms with Crippen LogP contribution in [0.15, 0.2) is 60.2 Å². The van der Waals surface area contributed by atoms with Gasteiger partial charge < -0.3 is 16.4 Å². The summed E-state index contributed by atoms with van der Waals surface area (Å²) in [5.74, 6) is 1.04. The predicted octanol–water partition coefficient (Wildman–Crippen LogP) is 3.09. The largest absolute Gasteiger partial charge is 0.367 e. The average Bonchev–Trinajstić information content (AvgIpc) is 3.22. The molecule has 0 saturated heterocycles. The molecule has 0 unspecified atom stereocenters. The number of fused-ring (bicyclic) bond motifs is 1. The van der Waals surface area contributed by atoms with Gasteiger partial charge in [0.2, 0.25) is 0 Å². The summed E-state index contributed by atoms with van der Waals surface area (Å²) < 4.78 is 0.832. The van der Waals surface area contributed by atoms with Gasteiger partial charge in [-0.2, -0.15) is 0 Å². The maximum atomic E-state index is 12.3. The minimum atomic E-state index is -0.174. The lowest BCUT2D eigenvalue weighted by atomic mass is 10.1. The van der Waals surface area contributed by atoms with Crippen LogP contribution in [0.5, 0.6) is 0 Å². The van der Waals surface area contributed by atoms with Crippen LogP contribution in [0.3, 0.4) is 0 Å². The van der Waals surface area contributed by atoms with Gasteiger partial charge in [0.05, 0.1) is 10.3 Å². The van der Waals surface area contributed by atoms with Gasteiger partial charge in [0.15, 0.2) is 5.82 Å². The van der Waals surface area contributed by atoms with Crippen molar-refractivity contribution in [3.8, 4) is 11.4 Å². The lowest BCUT2D eigenvalue weighted by molar-refractivity contribution is 0.0965. The Bertz CT molecular complexity index is 1150. The van der Waals surface area contributed by atoms with Crippen molar-refractivity contribution < 1.29 is 4.79 Å². The second-order valence-corrected chi connectivity index (χ2v) is 7.75. The molecule has 4 rings (SSSR count). The van der Waals surface area contributed by atoms with E-state index < -0.39 is 0 Å². The van der Waals surface area contributed by atoms with E-state index in [0.717, 1.165) is 16.7 Å². The number of aromatic nitrogens is 3. The molecule has 0 aliphatic rings. The molecule has 4 N–H and O–H groups in total. The number of rotatable bonds is 7. The quantitative estimate of drug-likeness (QED) is 0.426. The summed E-state index contributed by atoms with van der Waals surface area (Å²) in [6.07, 6.45) is 4.14. The van der Waals surface area contributed by atoms with Crippen molar-refractivity contribution in [2.24, 2.45) is 5.73 Å². The fraction of sp³-hybridized carbons (Fsp3) is 0.182. The summed E-state index contributed by atoms with van der Waals surface area (Å²) in [6, 6.07) is 13.8. The molecule has 7 nitrogen and oxygen atoms in total. The maximum absolute atomic E-state index is 12.3. The Kier molecular flexibility index (Phi) is 5.97. The number of nitrogens with zero attached hydrogens (tertiary/aromatic N) is 3. The molecule has 30 heavy (non-hydrogen) atoms. The highest BCUT2D eigenvalue weighted by atomic mass is 32.1. The normalized spacial score (nSPS) is 11.9. The van der Waals surface area contributed by atoms with Gasteiger partial charge in [0.1, 0.15) is 11.3 Å². The van der Waals surface area contributed by atoms with E-state index >= 15 is 0 Å². The molecule has 0 fully saturated rings. The molecule has 3 aromatic heterocycles. The first-order valence-electron chi connectivity index (χ1n) is 9.61. The molecule has 3 heterocycles. The fourth-order valence-electron chi connectivity index (χ4n) is 3.18. The highest BCUT2D eigenvalue weighted by Gasteiger charge is 2.18. The third kappa shape index (κ3) is 4.29. The van der Waals surface area contributed by atoms with Crippen molar-refractivity contribution in [3.63, 3.8) is 0 Å². The zero-order valence-corrected chi connectivity index (χ0v) is 17.3. The summed E-state index contributed by atoms with van der Waals surface area (Å²) in [7, 11) is 1.61. The minimum absolute atomic E-state index is 0.0832. The topological polar surface area (TPSA) is 106 Å². The first kappa shape index (κ1) is 19.9. The number of nitrogens with one attached hydrogen (secondary N) is 2. The van der Waals surface area contributed by atoms with Crippen molar-refractivity contribution in [3.05, 3.63) is 71.4 Å². The Morgan fingerprint density at radius 1 is 1.13 bits per heavy atom. The molecule has 0 spiro atoms. The van der Waals surface area contributed by atoms with E-state index in [9.17, 15) is 4.79 Å². The van der Waals surface area contributed by atoms with Gasteiger partial charge in [0.25, 0.3) is 5.91 Å². The lowest BCUT2D eigenvalue weighted by Crippen LogP contribution is -2.31. The third-order valence-corrected chi connectivity index (χ3v) is 5.67. The molecule has 1 aromatic carbocycles. The SMILES string of the molecule is CNC(=O)c1csc2c(NC[C@@H](N)Cc3ccccc3)nc(-c3ccncc3)nc12. The highest BCUT2D eigenvalue weighted by molar-refractivity contribution is 7.18. The second-order valence-electron chi connectivity index (χ2n) is 6.87. The number of amides is 1. The molecule has 1 atom stereocenters. The number of carbonyl (C=O) groups excluding carboxylic acids is 1. The Labute approximate surface area is 178 Å². The Morgan fingerprint density at radius 2 is 1.90 bits per heavy atom. The van der Waals surface area contributed by atoms with Gasteiger partial charge in [0, 0.05) is 43.0 Å². The number of carbonyl (C=O) groups is 1. The molecule has 0 aliphatic heterocycles. The van der Waals surface area contributed by atoms with E-state index in [0.29, 0.717) is 29.3 Å². The average molecular weight is 419 g/mol. The Morgan fingerprint density at radius 3 is 2.63 bits per heavy atom. The zero-order chi connectivity index (χ0) is 20.9. The minimum Gasteiger partial charge on any atom is -0.367 e. The van der Waals surface area contributed by atoms with Crippen molar-refractivity contribution in [2.75, 3.05) is 18.9 Å². The summed E-state index contributed by atoms with van der Waals surface area (Å²) in [6.45, 7) is 0.546. The molecule has 1 amide bonds. The first-order valence-corrected chi connectivity index (χ1v) is 10.5. The number of hydrogen-bond acceptors (Lipinski definition) is 7. The number of nitrogens with two attached hydrogens (primary N) is 1. The van der Waals surface area contributed by atoms with E-state index in [-0.39, 0.29) is 11.9 Å². The molecule has 0 bridgehead atoms. The monoisotopic (exact) mass is 418 g/mol. The van der Waals surface area contributed by atoms with Crippen molar-refractivity contribution in [2.45, 2.75) is 12.5 Å². The fourth-order valence-corrected chi connectivity index (χ4v) is 4.13. The van der Waals surface area contributed by atoms with Crippen LogP contribution in [-0.2, 0) is 6.42 Å². The standard InChI is InChI=1S/C22H22N6OS/c1-24-22(29)17-13-30-19-18(17)27-20(15-7-9-25-10-8-15)28-21(19)26-12-16(23)11-14-5-3-2-4-6-14/h2-10,13,16H,11-12,23H2,1H3,(H,24,29)(H,26,27,28)/t16-/m0/s1. The summed E-state index contributed by atoms with van der Waals surface area (Å²) >= 11 is 1.44. The molecule has 4 aromatic rings. The van der Waals surface area contributed by atoms with E-state index in [1.54, 1.807) is 19.4 Å². The number of thiophene rings is 1. The molecular weight excluding hydrogens is 396 g/mol. The van der Waals surface area contributed by atoms with Crippen LogP contribution in [0.2, 0.25) is 0 Å². The van der Waals surface area contributed by atoms with E-state index in [2.05, 4.69) is 32.7 Å².